The fourth-order valence-electron chi connectivity index (χ4n) is 3.23. The van der Waals surface area contributed by atoms with Gasteiger partial charge in [-0.15, -0.1) is 0 Å². The Hall–Kier alpha value is -2.90. The highest BCUT2D eigenvalue weighted by molar-refractivity contribution is 6.39. The molecule has 0 aromatic heterocycles. The zero-order valence-electron chi connectivity index (χ0n) is 18.3. The van der Waals surface area contributed by atoms with E-state index in [1.54, 1.807) is 57.2 Å². The molecule has 0 atom stereocenters. The van der Waals surface area contributed by atoms with E-state index in [1.165, 1.54) is 5.01 Å². The number of likely N-dealkylation sites (N-methyl/N-ethyl adjacent to an activating group) is 1. The number of fused-ring (bicyclic) bond motifs is 2. The van der Waals surface area contributed by atoms with Crippen molar-refractivity contribution in [1.82, 2.24) is 9.91 Å². The van der Waals surface area contributed by atoms with Gasteiger partial charge in [-0.05, 0) is 47.0 Å². The number of nitrogens with one attached hydrogen (secondary N) is 1. The monoisotopic (exact) mass is 443 g/mol. The molecule has 31 heavy (non-hydrogen) atoms. The molecule has 0 saturated heterocycles. The summed E-state index contributed by atoms with van der Waals surface area (Å²) < 4.78 is 5.50. The Labute approximate surface area is 186 Å². The lowest BCUT2D eigenvalue weighted by atomic mass is 9.83. The third-order valence-electron chi connectivity index (χ3n) is 4.67. The highest BCUT2D eigenvalue weighted by Gasteiger charge is 2.34. The van der Waals surface area contributed by atoms with Crippen LogP contribution in [-0.2, 0) is 4.74 Å². The lowest BCUT2D eigenvalue weighted by Gasteiger charge is -2.30. The molecule has 7 nitrogen and oxygen atoms in total. The molecule has 2 aromatic carbocycles. The number of hydrazine groups is 1. The summed E-state index contributed by atoms with van der Waals surface area (Å²) in [5.41, 5.74) is 3.52. The number of rotatable bonds is 5. The summed E-state index contributed by atoms with van der Waals surface area (Å²) in [7, 11) is 3.77. The molecule has 1 amide bonds. The Morgan fingerprint density at radius 2 is 1.55 bits per heavy atom. The molecule has 0 aliphatic heterocycles. The van der Waals surface area contributed by atoms with Gasteiger partial charge < -0.3 is 9.64 Å². The second-order valence-corrected chi connectivity index (χ2v) is 9.00. The van der Waals surface area contributed by atoms with Gasteiger partial charge in [0.25, 0.3) is 0 Å². The molecule has 0 bridgehead atoms. The van der Waals surface area contributed by atoms with Crippen LogP contribution in [0, 0.1) is 0 Å². The first kappa shape index (κ1) is 22.8. The molecule has 0 radical (unpaired) electrons. The molecule has 0 unspecified atom stereocenters. The van der Waals surface area contributed by atoms with Gasteiger partial charge in [0.1, 0.15) is 5.60 Å². The Bertz CT molecular complexity index is 1040. The van der Waals surface area contributed by atoms with Crippen LogP contribution < -0.4 is 5.43 Å². The van der Waals surface area contributed by atoms with Crippen molar-refractivity contribution < 1.29 is 19.1 Å². The second kappa shape index (κ2) is 8.69. The highest BCUT2D eigenvalue weighted by atomic mass is 35.5. The maximum atomic E-state index is 13.3. The standard InChI is InChI=1S/C23H26ClN3O4/c1-23(2,3)31-22(30)27(13-12-26(4)5)25-17-11-10-16(24)18-19(17)21(29)15-9-7-6-8-14(15)20(18)28/h6-11,25H,12-13H2,1-5H3. The molecule has 0 fully saturated rings. The number of ketones is 2. The van der Waals surface area contributed by atoms with Crippen LogP contribution in [-0.4, -0.2) is 60.4 Å². The van der Waals surface area contributed by atoms with E-state index < -0.39 is 11.7 Å². The van der Waals surface area contributed by atoms with E-state index in [4.69, 9.17) is 16.3 Å². The molecule has 0 saturated carbocycles. The fraction of sp³-hybridized carbons (Fsp3) is 0.348. The average Bonchev–Trinajstić information content (AvgIpc) is 2.68. The Morgan fingerprint density at radius 1 is 0.968 bits per heavy atom. The summed E-state index contributed by atoms with van der Waals surface area (Å²) in [5, 5.41) is 1.48. The van der Waals surface area contributed by atoms with E-state index in [0.717, 1.165) is 0 Å². The van der Waals surface area contributed by atoms with Crippen LogP contribution in [0.3, 0.4) is 0 Å². The van der Waals surface area contributed by atoms with Gasteiger partial charge >= 0.3 is 6.09 Å². The van der Waals surface area contributed by atoms with Crippen LogP contribution in [0.2, 0.25) is 5.02 Å². The van der Waals surface area contributed by atoms with E-state index in [-0.39, 0.29) is 34.3 Å². The molecule has 1 aliphatic rings. The number of hydrogen-bond acceptors (Lipinski definition) is 6. The Kier molecular flexibility index (Phi) is 6.38. The number of carbonyl (C=O) groups excluding carboxylic acids is 3. The number of ether oxygens (including phenoxy) is 1. The zero-order chi connectivity index (χ0) is 22.9. The molecule has 1 aliphatic carbocycles. The van der Waals surface area contributed by atoms with Crippen LogP contribution in [0.1, 0.15) is 52.6 Å². The normalized spacial score (nSPS) is 13.0. The number of amides is 1. The van der Waals surface area contributed by atoms with E-state index in [1.807, 2.05) is 19.0 Å². The average molecular weight is 444 g/mol. The number of carbonyl (C=O) groups is 3. The first-order chi connectivity index (χ1) is 14.5. The maximum Gasteiger partial charge on any atom is 0.429 e. The molecule has 2 aromatic rings. The largest absolute Gasteiger partial charge is 0.442 e. The van der Waals surface area contributed by atoms with E-state index in [2.05, 4.69) is 5.43 Å². The van der Waals surface area contributed by atoms with Crippen molar-refractivity contribution in [1.29, 1.82) is 0 Å². The van der Waals surface area contributed by atoms with Crippen molar-refractivity contribution in [2.75, 3.05) is 32.6 Å². The van der Waals surface area contributed by atoms with Crippen molar-refractivity contribution in [2.45, 2.75) is 26.4 Å². The van der Waals surface area contributed by atoms with Crippen LogP contribution in [0.25, 0.3) is 0 Å². The van der Waals surface area contributed by atoms with Gasteiger partial charge in [-0.3, -0.25) is 15.0 Å². The fourth-order valence-corrected chi connectivity index (χ4v) is 3.48. The van der Waals surface area contributed by atoms with Crippen LogP contribution in [0.4, 0.5) is 10.5 Å². The predicted molar refractivity (Wildman–Crippen MR) is 120 cm³/mol. The number of benzene rings is 2. The summed E-state index contributed by atoms with van der Waals surface area (Å²) in [6.45, 7) is 6.17. The second-order valence-electron chi connectivity index (χ2n) is 8.60. The van der Waals surface area contributed by atoms with Gasteiger partial charge in [0, 0.05) is 17.7 Å². The highest BCUT2D eigenvalue weighted by Crippen LogP contribution is 2.36. The topological polar surface area (TPSA) is 79.0 Å². The van der Waals surface area contributed by atoms with Crippen LogP contribution >= 0.6 is 11.6 Å². The van der Waals surface area contributed by atoms with Crippen molar-refractivity contribution in [3.05, 3.63) is 63.7 Å². The molecular formula is C23H26ClN3O4. The summed E-state index contributed by atoms with van der Waals surface area (Å²) in [6, 6.07) is 9.77. The lowest BCUT2D eigenvalue weighted by Crippen LogP contribution is -2.44. The number of hydrogen-bond donors (Lipinski definition) is 1. The molecule has 0 heterocycles. The molecular weight excluding hydrogens is 418 g/mol. The first-order valence-corrected chi connectivity index (χ1v) is 10.3. The minimum Gasteiger partial charge on any atom is -0.442 e. The van der Waals surface area contributed by atoms with Crippen molar-refractivity contribution in [2.24, 2.45) is 0 Å². The van der Waals surface area contributed by atoms with Gasteiger partial charge in [0.15, 0.2) is 11.6 Å². The van der Waals surface area contributed by atoms with E-state index in [9.17, 15) is 14.4 Å². The van der Waals surface area contributed by atoms with Crippen LogP contribution in [0.15, 0.2) is 36.4 Å². The summed E-state index contributed by atoms with van der Waals surface area (Å²) >= 11 is 6.32. The molecule has 8 heteroatoms. The maximum absolute atomic E-state index is 13.3. The zero-order valence-corrected chi connectivity index (χ0v) is 19.0. The van der Waals surface area contributed by atoms with E-state index in [0.29, 0.717) is 23.4 Å². The number of halogens is 1. The van der Waals surface area contributed by atoms with Gasteiger partial charge in [-0.25, -0.2) is 9.80 Å². The van der Waals surface area contributed by atoms with E-state index >= 15 is 0 Å². The number of anilines is 1. The van der Waals surface area contributed by atoms with Crippen molar-refractivity contribution in [3.63, 3.8) is 0 Å². The smallest absolute Gasteiger partial charge is 0.429 e. The lowest BCUT2D eigenvalue weighted by molar-refractivity contribution is 0.0287. The third-order valence-corrected chi connectivity index (χ3v) is 4.98. The van der Waals surface area contributed by atoms with Gasteiger partial charge in [-0.1, -0.05) is 35.9 Å². The number of nitrogens with zero attached hydrogens (tertiary/aromatic N) is 2. The molecule has 1 N–H and O–H groups in total. The Morgan fingerprint density at radius 3 is 2.10 bits per heavy atom. The van der Waals surface area contributed by atoms with Crippen molar-refractivity contribution in [3.8, 4) is 0 Å². The van der Waals surface area contributed by atoms with Gasteiger partial charge in [0.05, 0.1) is 28.4 Å². The van der Waals surface area contributed by atoms with Crippen LogP contribution in [0.5, 0.6) is 0 Å². The van der Waals surface area contributed by atoms with Gasteiger partial charge in [0.2, 0.25) is 0 Å². The molecule has 3 rings (SSSR count). The SMILES string of the molecule is CN(C)CCN(Nc1ccc(Cl)c2c1C(=O)c1ccccc1C2=O)C(=O)OC(C)(C)C. The van der Waals surface area contributed by atoms with Crippen molar-refractivity contribution >= 4 is 34.9 Å². The summed E-state index contributed by atoms with van der Waals surface area (Å²) in [5.74, 6) is -0.650. The predicted octanol–water partition coefficient (Wildman–Crippen LogP) is 4.24. The quantitative estimate of drug-likeness (QED) is 0.594. The summed E-state index contributed by atoms with van der Waals surface area (Å²) in [6.07, 6.45) is -0.590. The first-order valence-electron chi connectivity index (χ1n) is 9.92. The van der Waals surface area contributed by atoms with Gasteiger partial charge in [-0.2, -0.15) is 0 Å². The Balaban J connectivity index is 2.03. The summed E-state index contributed by atoms with van der Waals surface area (Å²) in [4.78, 5) is 41.1. The molecule has 0 spiro atoms. The third kappa shape index (κ3) is 4.89. The molecule has 164 valence electrons. The minimum atomic E-state index is -0.695. The minimum absolute atomic E-state index is 0.132.